The number of carbonyl (C=O) groups excluding carboxylic acids is 2. The van der Waals surface area contributed by atoms with E-state index in [1.54, 1.807) is 0 Å². The molecule has 1 saturated heterocycles. The summed E-state index contributed by atoms with van der Waals surface area (Å²) in [5, 5.41) is 5.90. The molecular weight excluding hydrogens is 440 g/mol. The third kappa shape index (κ3) is 6.93. The lowest BCUT2D eigenvalue weighted by atomic mass is 9.74. The molecule has 0 radical (unpaired) electrons. The highest BCUT2D eigenvalue weighted by Gasteiger charge is 2.35. The summed E-state index contributed by atoms with van der Waals surface area (Å²) in [6.07, 6.45) is 1.41. The van der Waals surface area contributed by atoms with Gasteiger partial charge in [0.25, 0.3) is 0 Å². The minimum absolute atomic E-state index is 0.142. The van der Waals surface area contributed by atoms with Crippen LogP contribution in [0.1, 0.15) is 29.5 Å². The second-order valence-corrected chi connectivity index (χ2v) is 8.92. The predicted molar refractivity (Wildman–Crippen MR) is 135 cm³/mol. The van der Waals surface area contributed by atoms with Gasteiger partial charge in [0.15, 0.2) is 0 Å². The summed E-state index contributed by atoms with van der Waals surface area (Å²) in [6, 6.07) is 28.6. The number of benzene rings is 3. The number of alkyl carbamates (subject to hydrolysis) is 1. The van der Waals surface area contributed by atoms with Gasteiger partial charge in [-0.25, -0.2) is 4.79 Å². The number of carbonyl (C=O) groups is 2. The summed E-state index contributed by atoms with van der Waals surface area (Å²) in [5.74, 6) is -0.229. The van der Waals surface area contributed by atoms with Crippen LogP contribution < -0.4 is 10.6 Å². The van der Waals surface area contributed by atoms with Crippen molar-refractivity contribution in [3.05, 3.63) is 108 Å². The molecule has 35 heavy (non-hydrogen) atoms. The van der Waals surface area contributed by atoms with E-state index in [1.807, 2.05) is 78.9 Å². The molecule has 6 nitrogen and oxygen atoms in total. The van der Waals surface area contributed by atoms with Crippen molar-refractivity contribution >= 4 is 12.0 Å². The Balaban J connectivity index is 1.43. The highest BCUT2D eigenvalue weighted by Crippen LogP contribution is 2.34. The maximum absolute atomic E-state index is 13.4. The lowest BCUT2D eigenvalue weighted by Crippen LogP contribution is -2.52. The molecule has 3 aromatic rings. The maximum atomic E-state index is 13.4. The van der Waals surface area contributed by atoms with Crippen molar-refractivity contribution in [3.8, 4) is 0 Å². The molecule has 2 amide bonds. The molecule has 6 heteroatoms. The Morgan fingerprint density at radius 3 is 2.03 bits per heavy atom. The lowest BCUT2D eigenvalue weighted by molar-refractivity contribution is -0.123. The molecule has 1 heterocycles. The summed E-state index contributed by atoms with van der Waals surface area (Å²) < 4.78 is 11.0. The summed E-state index contributed by atoms with van der Waals surface area (Å²) in [6.45, 7) is 1.93. The van der Waals surface area contributed by atoms with E-state index in [0.717, 1.165) is 24.0 Å². The van der Waals surface area contributed by atoms with Gasteiger partial charge in [-0.2, -0.15) is 0 Å². The quantitative estimate of drug-likeness (QED) is 0.484. The molecule has 0 saturated carbocycles. The van der Waals surface area contributed by atoms with Gasteiger partial charge in [-0.3, -0.25) is 4.79 Å². The van der Waals surface area contributed by atoms with E-state index in [1.165, 1.54) is 5.56 Å². The van der Waals surface area contributed by atoms with E-state index in [4.69, 9.17) is 9.47 Å². The van der Waals surface area contributed by atoms with Gasteiger partial charge < -0.3 is 20.1 Å². The molecule has 1 fully saturated rings. The zero-order valence-electron chi connectivity index (χ0n) is 19.8. The molecule has 0 aromatic heterocycles. The second kappa shape index (κ2) is 12.2. The summed E-state index contributed by atoms with van der Waals surface area (Å²) in [4.78, 5) is 25.9. The molecule has 0 aliphatic carbocycles. The van der Waals surface area contributed by atoms with Crippen molar-refractivity contribution in [2.45, 2.75) is 37.3 Å². The number of amides is 2. The average Bonchev–Trinajstić information content (AvgIpc) is 2.92. The molecule has 182 valence electrons. The van der Waals surface area contributed by atoms with Gasteiger partial charge in [0.1, 0.15) is 12.6 Å². The number of rotatable bonds is 9. The summed E-state index contributed by atoms with van der Waals surface area (Å²) >= 11 is 0. The predicted octanol–water partition coefficient (Wildman–Crippen LogP) is 4.39. The van der Waals surface area contributed by atoms with Gasteiger partial charge >= 0.3 is 6.09 Å². The van der Waals surface area contributed by atoms with Gasteiger partial charge in [0.05, 0.1) is 0 Å². The highest BCUT2D eigenvalue weighted by atomic mass is 16.5. The first-order valence-electron chi connectivity index (χ1n) is 12.1. The first kappa shape index (κ1) is 24.5. The molecule has 4 rings (SSSR count). The lowest BCUT2D eigenvalue weighted by Gasteiger charge is -2.38. The number of hydrogen-bond donors (Lipinski definition) is 2. The van der Waals surface area contributed by atoms with Crippen molar-refractivity contribution in [3.63, 3.8) is 0 Å². The standard InChI is InChI=1S/C29H32N2O4/c32-27(30-22-29(16-18-34-19-17-29)25-14-8-3-9-15-25)26(20-23-10-4-1-5-11-23)31-28(33)35-21-24-12-6-2-7-13-24/h1-15,26H,16-22H2,(H,30,32)(H,31,33). The SMILES string of the molecule is O=C(NC(Cc1ccccc1)C(=O)NCC1(c2ccccc2)CCOCC1)OCc1ccccc1. The Hall–Kier alpha value is -3.64. The van der Waals surface area contributed by atoms with Crippen molar-refractivity contribution in [2.75, 3.05) is 19.8 Å². The zero-order chi connectivity index (χ0) is 24.3. The normalized spacial score (nSPS) is 15.5. The molecule has 1 aliphatic heterocycles. The molecule has 3 aromatic carbocycles. The number of hydrogen-bond acceptors (Lipinski definition) is 4. The third-order valence-corrected chi connectivity index (χ3v) is 6.54. The molecule has 1 aliphatic rings. The zero-order valence-corrected chi connectivity index (χ0v) is 19.8. The van der Waals surface area contributed by atoms with E-state index in [-0.39, 0.29) is 17.9 Å². The molecule has 1 atom stereocenters. The van der Waals surface area contributed by atoms with Crippen LogP contribution in [0.5, 0.6) is 0 Å². The fourth-order valence-electron chi connectivity index (χ4n) is 4.47. The van der Waals surface area contributed by atoms with E-state index < -0.39 is 12.1 Å². The van der Waals surface area contributed by atoms with E-state index >= 15 is 0 Å². The van der Waals surface area contributed by atoms with Gasteiger partial charge in [-0.1, -0.05) is 91.0 Å². The van der Waals surface area contributed by atoms with Gasteiger partial charge in [0, 0.05) is 31.6 Å². The Morgan fingerprint density at radius 1 is 0.829 bits per heavy atom. The minimum atomic E-state index is -0.756. The monoisotopic (exact) mass is 472 g/mol. The first-order valence-corrected chi connectivity index (χ1v) is 12.1. The Morgan fingerprint density at radius 2 is 1.40 bits per heavy atom. The van der Waals surface area contributed by atoms with Gasteiger partial charge in [0.2, 0.25) is 5.91 Å². The van der Waals surface area contributed by atoms with Crippen LogP contribution in [0.15, 0.2) is 91.0 Å². The van der Waals surface area contributed by atoms with Crippen LogP contribution in [0, 0.1) is 0 Å². The topological polar surface area (TPSA) is 76.7 Å². The molecular formula is C29H32N2O4. The van der Waals surface area contributed by atoms with Crippen LogP contribution in [-0.4, -0.2) is 37.8 Å². The van der Waals surface area contributed by atoms with Crippen LogP contribution >= 0.6 is 0 Å². The minimum Gasteiger partial charge on any atom is -0.445 e. The molecule has 0 spiro atoms. The van der Waals surface area contributed by atoms with Crippen molar-refractivity contribution in [1.29, 1.82) is 0 Å². The highest BCUT2D eigenvalue weighted by molar-refractivity contribution is 5.86. The average molecular weight is 473 g/mol. The van der Waals surface area contributed by atoms with Crippen LogP contribution in [-0.2, 0) is 32.7 Å². The fraction of sp³-hybridized carbons (Fsp3) is 0.310. The van der Waals surface area contributed by atoms with Crippen LogP contribution in [0.4, 0.5) is 4.79 Å². The molecule has 2 N–H and O–H groups in total. The van der Waals surface area contributed by atoms with Crippen LogP contribution in [0.3, 0.4) is 0 Å². The third-order valence-electron chi connectivity index (χ3n) is 6.54. The van der Waals surface area contributed by atoms with Gasteiger partial charge in [-0.05, 0) is 29.5 Å². The molecule has 1 unspecified atom stereocenters. The Labute approximate surface area is 206 Å². The Bertz CT molecular complexity index is 1070. The fourth-order valence-corrected chi connectivity index (χ4v) is 4.47. The number of nitrogens with one attached hydrogen (secondary N) is 2. The van der Waals surface area contributed by atoms with E-state index in [0.29, 0.717) is 26.2 Å². The van der Waals surface area contributed by atoms with E-state index in [2.05, 4.69) is 22.8 Å². The largest absolute Gasteiger partial charge is 0.445 e. The summed E-state index contributed by atoms with van der Waals surface area (Å²) in [7, 11) is 0. The maximum Gasteiger partial charge on any atom is 0.408 e. The Kier molecular flexibility index (Phi) is 8.52. The smallest absolute Gasteiger partial charge is 0.408 e. The van der Waals surface area contributed by atoms with E-state index in [9.17, 15) is 9.59 Å². The number of ether oxygens (including phenoxy) is 2. The molecule has 0 bridgehead atoms. The first-order chi connectivity index (χ1) is 17.1. The second-order valence-electron chi connectivity index (χ2n) is 8.92. The van der Waals surface area contributed by atoms with Gasteiger partial charge in [-0.15, -0.1) is 0 Å². The van der Waals surface area contributed by atoms with Crippen molar-refractivity contribution < 1.29 is 19.1 Å². The summed E-state index contributed by atoms with van der Waals surface area (Å²) in [5.41, 5.74) is 2.84. The van der Waals surface area contributed by atoms with Crippen LogP contribution in [0.2, 0.25) is 0 Å². The van der Waals surface area contributed by atoms with Crippen molar-refractivity contribution in [1.82, 2.24) is 10.6 Å². The van der Waals surface area contributed by atoms with Crippen LogP contribution in [0.25, 0.3) is 0 Å². The van der Waals surface area contributed by atoms with Crippen molar-refractivity contribution in [2.24, 2.45) is 0 Å².